The van der Waals surface area contributed by atoms with Gasteiger partial charge in [0.05, 0.1) is 28.8 Å². The van der Waals surface area contributed by atoms with E-state index in [9.17, 15) is 8.42 Å². The van der Waals surface area contributed by atoms with Crippen molar-refractivity contribution in [2.45, 2.75) is 11.4 Å². The summed E-state index contributed by atoms with van der Waals surface area (Å²) in [6.45, 7) is 0.455. The van der Waals surface area contributed by atoms with E-state index in [1.54, 1.807) is 29.2 Å². The molecular weight excluding hydrogens is 400 g/mol. The molecule has 0 spiro atoms. The molecule has 4 aromatic rings. The van der Waals surface area contributed by atoms with Crippen LogP contribution in [0.3, 0.4) is 0 Å². The third kappa shape index (κ3) is 3.81. The zero-order chi connectivity index (χ0) is 19.7. The molecule has 0 radical (unpaired) electrons. The minimum atomic E-state index is -3.73. The number of hydrogen-bond acceptors (Lipinski definition) is 6. The molecule has 0 aliphatic heterocycles. The van der Waals surface area contributed by atoms with E-state index in [0.717, 1.165) is 22.3 Å². The zero-order valence-electron chi connectivity index (χ0n) is 14.4. The van der Waals surface area contributed by atoms with Gasteiger partial charge in [-0.05, 0) is 48.5 Å². The Balaban J connectivity index is 1.51. The molecule has 0 saturated carbocycles. The fourth-order valence-electron chi connectivity index (χ4n) is 2.76. The summed E-state index contributed by atoms with van der Waals surface area (Å²) in [4.78, 5) is 4.36. The summed E-state index contributed by atoms with van der Waals surface area (Å²) in [5, 5.41) is 18.2. The number of sulfonamides is 1. The van der Waals surface area contributed by atoms with E-state index >= 15 is 0 Å². The Morgan fingerprint density at radius 2 is 1.89 bits per heavy atom. The Kier molecular flexibility index (Phi) is 4.71. The molecule has 0 aliphatic carbocycles. The molecule has 4 rings (SSSR count). The van der Waals surface area contributed by atoms with Gasteiger partial charge in [-0.15, -0.1) is 5.10 Å². The van der Waals surface area contributed by atoms with Crippen LogP contribution in [0.5, 0.6) is 0 Å². The molecule has 0 saturated heterocycles. The maximum Gasteiger partial charge on any atom is 0.238 e. The second-order valence-electron chi connectivity index (χ2n) is 6.07. The van der Waals surface area contributed by atoms with Crippen molar-refractivity contribution in [2.75, 3.05) is 5.32 Å². The van der Waals surface area contributed by atoms with E-state index in [0.29, 0.717) is 17.3 Å². The molecule has 2 aromatic carbocycles. The largest absolute Gasteiger partial charge is 0.379 e. The SMILES string of the molecule is NS(=O)(=O)c1ccc(-n2cc(CNc3ccnc4cc(Cl)ccc34)nn2)cc1. The van der Waals surface area contributed by atoms with Crippen molar-refractivity contribution in [1.29, 1.82) is 0 Å². The van der Waals surface area contributed by atoms with Crippen molar-refractivity contribution >= 4 is 38.2 Å². The normalized spacial score (nSPS) is 11.6. The first-order valence-electron chi connectivity index (χ1n) is 8.23. The minimum Gasteiger partial charge on any atom is -0.379 e. The molecule has 142 valence electrons. The quantitative estimate of drug-likeness (QED) is 0.518. The number of fused-ring (bicyclic) bond motifs is 1. The van der Waals surface area contributed by atoms with Crippen LogP contribution in [0.15, 0.2) is 65.8 Å². The number of pyridine rings is 1. The number of nitrogens with one attached hydrogen (secondary N) is 1. The number of aromatic nitrogens is 4. The molecule has 2 heterocycles. The average Bonchev–Trinajstić information content (AvgIpc) is 3.14. The second kappa shape index (κ2) is 7.19. The molecule has 3 N–H and O–H groups in total. The van der Waals surface area contributed by atoms with Gasteiger partial charge < -0.3 is 5.32 Å². The third-order valence-corrected chi connectivity index (χ3v) is 5.30. The van der Waals surface area contributed by atoms with Gasteiger partial charge in [0.25, 0.3) is 0 Å². The Hall–Kier alpha value is -3.01. The fourth-order valence-corrected chi connectivity index (χ4v) is 3.44. The van der Waals surface area contributed by atoms with Gasteiger partial charge in [0.2, 0.25) is 10.0 Å². The number of halogens is 1. The van der Waals surface area contributed by atoms with Crippen molar-refractivity contribution in [3.63, 3.8) is 0 Å². The Morgan fingerprint density at radius 1 is 1.11 bits per heavy atom. The van der Waals surface area contributed by atoms with Crippen LogP contribution in [0.1, 0.15) is 5.69 Å². The van der Waals surface area contributed by atoms with Crippen molar-refractivity contribution in [2.24, 2.45) is 5.14 Å². The van der Waals surface area contributed by atoms with Gasteiger partial charge in [0.1, 0.15) is 5.69 Å². The smallest absolute Gasteiger partial charge is 0.238 e. The number of nitrogens with two attached hydrogens (primary N) is 1. The van der Waals surface area contributed by atoms with E-state index in [2.05, 4.69) is 20.6 Å². The highest BCUT2D eigenvalue weighted by molar-refractivity contribution is 7.89. The van der Waals surface area contributed by atoms with E-state index in [4.69, 9.17) is 16.7 Å². The second-order valence-corrected chi connectivity index (χ2v) is 8.06. The molecule has 0 aliphatic rings. The lowest BCUT2D eigenvalue weighted by Crippen LogP contribution is -2.12. The molecule has 28 heavy (non-hydrogen) atoms. The van der Waals surface area contributed by atoms with Gasteiger partial charge in [-0.2, -0.15) is 0 Å². The van der Waals surface area contributed by atoms with Gasteiger partial charge >= 0.3 is 0 Å². The molecule has 0 atom stereocenters. The highest BCUT2D eigenvalue weighted by atomic mass is 35.5. The molecule has 0 amide bonds. The Labute approximate surface area is 166 Å². The highest BCUT2D eigenvalue weighted by Gasteiger charge is 2.09. The van der Waals surface area contributed by atoms with Crippen LogP contribution in [-0.4, -0.2) is 28.4 Å². The summed E-state index contributed by atoms with van der Waals surface area (Å²) in [5.74, 6) is 0. The number of nitrogens with zero attached hydrogens (tertiary/aromatic N) is 4. The predicted molar refractivity (Wildman–Crippen MR) is 107 cm³/mol. The number of rotatable bonds is 5. The molecule has 0 unspecified atom stereocenters. The minimum absolute atomic E-state index is 0.0444. The van der Waals surface area contributed by atoms with Crippen molar-refractivity contribution < 1.29 is 8.42 Å². The van der Waals surface area contributed by atoms with Gasteiger partial charge in [-0.1, -0.05) is 16.8 Å². The lowest BCUT2D eigenvalue weighted by Gasteiger charge is -2.08. The van der Waals surface area contributed by atoms with Crippen molar-refractivity contribution in [1.82, 2.24) is 20.0 Å². The van der Waals surface area contributed by atoms with Crippen molar-refractivity contribution in [3.8, 4) is 5.69 Å². The summed E-state index contributed by atoms with van der Waals surface area (Å²) in [5.41, 5.74) is 3.11. The van der Waals surface area contributed by atoms with Gasteiger partial charge in [0.15, 0.2) is 0 Å². The summed E-state index contributed by atoms with van der Waals surface area (Å²) in [6.07, 6.45) is 3.48. The highest BCUT2D eigenvalue weighted by Crippen LogP contribution is 2.24. The van der Waals surface area contributed by atoms with E-state index in [-0.39, 0.29) is 4.90 Å². The zero-order valence-corrected chi connectivity index (χ0v) is 16.0. The van der Waals surface area contributed by atoms with Gasteiger partial charge in [-0.3, -0.25) is 4.98 Å². The molecule has 8 nitrogen and oxygen atoms in total. The molecule has 0 bridgehead atoms. The number of hydrogen-bond donors (Lipinski definition) is 2. The van der Waals surface area contributed by atoms with Crippen LogP contribution in [0.25, 0.3) is 16.6 Å². The topological polar surface area (TPSA) is 116 Å². The Bertz CT molecular complexity index is 1250. The number of benzene rings is 2. The summed E-state index contributed by atoms with van der Waals surface area (Å²) in [7, 11) is -3.73. The first-order chi connectivity index (χ1) is 13.4. The molecule has 2 aromatic heterocycles. The number of primary sulfonamides is 1. The maximum atomic E-state index is 11.3. The van der Waals surface area contributed by atoms with Crippen LogP contribution in [0, 0.1) is 0 Å². The predicted octanol–water partition coefficient (Wildman–Crippen LogP) is 2.73. The lowest BCUT2D eigenvalue weighted by atomic mass is 10.2. The molecule has 10 heteroatoms. The van der Waals surface area contributed by atoms with Gasteiger partial charge in [0, 0.05) is 22.3 Å². The first kappa shape index (κ1) is 18.4. The average molecular weight is 415 g/mol. The third-order valence-electron chi connectivity index (χ3n) is 4.14. The fraction of sp³-hybridized carbons (Fsp3) is 0.0556. The van der Waals surface area contributed by atoms with Crippen LogP contribution in [-0.2, 0) is 16.6 Å². The van der Waals surface area contributed by atoms with Crippen LogP contribution < -0.4 is 10.5 Å². The molecular formula is C18H15ClN6O2S. The lowest BCUT2D eigenvalue weighted by molar-refractivity contribution is 0.598. The standard InChI is InChI=1S/C18H15ClN6O2S/c19-12-1-6-16-17(7-8-21-18(16)9-12)22-10-13-11-25(24-23-13)14-2-4-15(5-3-14)28(20,26)27/h1-9,11H,10H2,(H,21,22)(H2,20,26,27). The first-order valence-corrected chi connectivity index (χ1v) is 10.2. The van der Waals surface area contributed by atoms with E-state index in [1.165, 1.54) is 12.1 Å². The van der Waals surface area contributed by atoms with Crippen molar-refractivity contribution in [3.05, 3.63) is 71.6 Å². The monoisotopic (exact) mass is 414 g/mol. The van der Waals surface area contributed by atoms with Crippen LogP contribution >= 0.6 is 11.6 Å². The van der Waals surface area contributed by atoms with E-state index in [1.807, 2.05) is 24.3 Å². The summed E-state index contributed by atoms with van der Waals surface area (Å²) in [6, 6.07) is 13.5. The maximum absolute atomic E-state index is 11.3. The van der Waals surface area contributed by atoms with Crippen LogP contribution in [0.2, 0.25) is 5.02 Å². The van der Waals surface area contributed by atoms with E-state index < -0.39 is 10.0 Å². The van der Waals surface area contributed by atoms with Crippen LogP contribution in [0.4, 0.5) is 5.69 Å². The Morgan fingerprint density at radius 3 is 2.64 bits per heavy atom. The summed E-state index contributed by atoms with van der Waals surface area (Å²) >= 11 is 6.02. The number of anilines is 1. The van der Waals surface area contributed by atoms with Gasteiger partial charge in [-0.25, -0.2) is 18.2 Å². The molecule has 0 fully saturated rings. The summed E-state index contributed by atoms with van der Waals surface area (Å²) < 4.78 is 24.2.